The molecule has 3 aromatic carbocycles. The SMILES string of the molecule is COc1cccc(N2C(=O)CSC2c2cccc(NC(=O)c3ccccc3Br)c2)c1. The van der Waals surface area contributed by atoms with Crippen molar-refractivity contribution in [2.24, 2.45) is 0 Å². The molecule has 1 heterocycles. The maximum absolute atomic E-state index is 12.7. The summed E-state index contributed by atoms with van der Waals surface area (Å²) in [5, 5.41) is 2.77. The van der Waals surface area contributed by atoms with Crippen molar-refractivity contribution in [2.45, 2.75) is 5.37 Å². The third-order valence-electron chi connectivity index (χ3n) is 4.75. The number of benzene rings is 3. The Morgan fingerprint density at radius 2 is 1.90 bits per heavy atom. The topological polar surface area (TPSA) is 58.6 Å². The summed E-state index contributed by atoms with van der Waals surface area (Å²) in [6.45, 7) is 0. The molecule has 0 spiro atoms. The highest BCUT2D eigenvalue weighted by molar-refractivity contribution is 9.10. The number of rotatable bonds is 5. The van der Waals surface area contributed by atoms with E-state index in [4.69, 9.17) is 4.74 Å². The van der Waals surface area contributed by atoms with Gasteiger partial charge in [-0.15, -0.1) is 11.8 Å². The molecule has 4 rings (SSSR count). The summed E-state index contributed by atoms with van der Waals surface area (Å²) in [5.74, 6) is 0.945. The molecule has 1 atom stereocenters. The van der Waals surface area contributed by atoms with Gasteiger partial charge in [-0.2, -0.15) is 0 Å². The average molecular weight is 483 g/mol. The van der Waals surface area contributed by atoms with Crippen LogP contribution in [0.1, 0.15) is 21.3 Å². The first-order chi connectivity index (χ1) is 14.6. The van der Waals surface area contributed by atoms with Crippen LogP contribution in [0.2, 0.25) is 0 Å². The summed E-state index contributed by atoms with van der Waals surface area (Å²) in [4.78, 5) is 27.1. The van der Waals surface area contributed by atoms with E-state index in [9.17, 15) is 9.59 Å². The quantitative estimate of drug-likeness (QED) is 0.522. The molecule has 152 valence electrons. The molecular formula is C23H19BrN2O3S. The number of carbonyl (C=O) groups excluding carboxylic acids is 2. The molecule has 1 unspecified atom stereocenters. The number of nitrogens with zero attached hydrogens (tertiary/aromatic N) is 1. The number of ether oxygens (including phenoxy) is 1. The molecule has 1 N–H and O–H groups in total. The normalized spacial score (nSPS) is 15.9. The number of hydrogen-bond acceptors (Lipinski definition) is 4. The van der Waals surface area contributed by atoms with Crippen molar-refractivity contribution >= 4 is 50.9 Å². The minimum Gasteiger partial charge on any atom is -0.497 e. The van der Waals surface area contributed by atoms with Crippen LogP contribution in [0.25, 0.3) is 0 Å². The standard InChI is InChI=1S/C23H19BrN2O3S/c1-29-18-9-5-8-17(13-18)26-21(27)14-30-23(26)15-6-4-7-16(12-15)25-22(28)19-10-2-3-11-20(19)24/h2-13,23H,14H2,1H3,(H,25,28). The number of halogens is 1. The van der Waals surface area contributed by atoms with E-state index in [0.717, 1.165) is 15.7 Å². The van der Waals surface area contributed by atoms with Crippen LogP contribution in [0.4, 0.5) is 11.4 Å². The predicted octanol–water partition coefficient (Wildman–Crippen LogP) is 5.49. The third kappa shape index (κ3) is 4.22. The lowest BCUT2D eigenvalue weighted by Crippen LogP contribution is -2.27. The Bertz CT molecular complexity index is 1110. The lowest BCUT2D eigenvalue weighted by molar-refractivity contribution is -0.115. The summed E-state index contributed by atoms with van der Waals surface area (Å²) in [7, 11) is 1.61. The molecular weight excluding hydrogens is 464 g/mol. The van der Waals surface area contributed by atoms with Crippen LogP contribution in [0.5, 0.6) is 5.75 Å². The van der Waals surface area contributed by atoms with Crippen molar-refractivity contribution in [3.8, 4) is 5.75 Å². The molecule has 1 aliphatic rings. The highest BCUT2D eigenvalue weighted by Gasteiger charge is 2.34. The summed E-state index contributed by atoms with van der Waals surface area (Å²) < 4.78 is 6.04. The van der Waals surface area contributed by atoms with Gasteiger partial charge in [0.05, 0.1) is 18.4 Å². The van der Waals surface area contributed by atoms with Gasteiger partial charge in [0.15, 0.2) is 0 Å². The maximum atomic E-state index is 12.7. The molecule has 0 aliphatic carbocycles. The predicted molar refractivity (Wildman–Crippen MR) is 124 cm³/mol. The van der Waals surface area contributed by atoms with E-state index in [1.54, 1.807) is 29.8 Å². The Labute approximate surface area is 187 Å². The number of nitrogens with one attached hydrogen (secondary N) is 1. The fraction of sp³-hybridized carbons (Fsp3) is 0.130. The second-order valence-electron chi connectivity index (χ2n) is 6.69. The van der Waals surface area contributed by atoms with Crippen molar-refractivity contribution < 1.29 is 14.3 Å². The Balaban J connectivity index is 1.60. The van der Waals surface area contributed by atoms with E-state index in [1.165, 1.54) is 0 Å². The van der Waals surface area contributed by atoms with E-state index in [0.29, 0.717) is 22.8 Å². The van der Waals surface area contributed by atoms with Gasteiger partial charge in [-0.3, -0.25) is 14.5 Å². The third-order valence-corrected chi connectivity index (χ3v) is 6.65. The lowest BCUT2D eigenvalue weighted by Gasteiger charge is -2.25. The molecule has 30 heavy (non-hydrogen) atoms. The first-order valence-corrected chi connectivity index (χ1v) is 11.1. The summed E-state index contributed by atoms with van der Waals surface area (Å²) in [6, 6.07) is 22.4. The Kier molecular flexibility index (Phi) is 6.11. The summed E-state index contributed by atoms with van der Waals surface area (Å²) in [6.07, 6.45) is 0. The number of carbonyl (C=O) groups is 2. The number of thioether (sulfide) groups is 1. The summed E-state index contributed by atoms with van der Waals surface area (Å²) in [5.41, 5.74) is 2.97. The lowest BCUT2D eigenvalue weighted by atomic mass is 10.1. The van der Waals surface area contributed by atoms with Crippen molar-refractivity contribution in [1.29, 1.82) is 0 Å². The molecule has 0 bridgehead atoms. The van der Waals surface area contributed by atoms with Gasteiger partial charge in [-0.05, 0) is 57.9 Å². The van der Waals surface area contributed by atoms with E-state index < -0.39 is 0 Å². The van der Waals surface area contributed by atoms with Crippen LogP contribution < -0.4 is 15.0 Å². The van der Waals surface area contributed by atoms with Crippen LogP contribution in [0.3, 0.4) is 0 Å². The highest BCUT2D eigenvalue weighted by atomic mass is 79.9. The second kappa shape index (κ2) is 8.93. The zero-order valence-corrected chi connectivity index (χ0v) is 18.6. The average Bonchev–Trinajstić information content (AvgIpc) is 3.15. The van der Waals surface area contributed by atoms with Gasteiger partial charge in [-0.1, -0.05) is 30.3 Å². The fourth-order valence-corrected chi connectivity index (χ4v) is 4.96. The van der Waals surface area contributed by atoms with Crippen molar-refractivity contribution in [3.05, 3.63) is 88.4 Å². The molecule has 1 saturated heterocycles. The molecule has 0 aromatic heterocycles. The molecule has 2 amide bonds. The molecule has 0 radical (unpaired) electrons. The number of anilines is 2. The zero-order valence-electron chi connectivity index (χ0n) is 16.2. The van der Waals surface area contributed by atoms with Crippen molar-refractivity contribution in [1.82, 2.24) is 0 Å². The molecule has 0 saturated carbocycles. The first-order valence-electron chi connectivity index (χ1n) is 9.30. The minimum absolute atomic E-state index is 0.0425. The number of methoxy groups -OCH3 is 1. The Hall–Kier alpha value is -2.77. The molecule has 7 heteroatoms. The molecule has 5 nitrogen and oxygen atoms in total. The molecule has 1 fully saturated rings. The van der Waals surface area contributed by atoms with Gasteiger partial charge in [0.1, 0.15) is 11.1 Å². The first kappa shape index (κ1) is 20.5. The van der Waals surface area contributed by atoms with E-state index in [1.807, 2.05) is 66.7 Å². The summed E-state index contributed by atoms with van der Waals surface area (Å²) >= 11 is 4.97. The van der Waals surface area contributed by atoms with Crippen LogP contribution in [0.15, 0.2) is 77.3 Å². The smallest absolute Gasteiger partial charge is 0.256 e. The van der Waals surface area contributed by atoms with Gasteiger partial charge in [0.2, 0.25) is 5.91 Å². The minimum atomic E-state index is -0.195. The largest absolute Gasteiger partial charge is 0.497 e. The van der Waals surface area contributed by atoms with E-state index in [2.05, 4.69) is 21.2 Å². The number of amides is 2. The fourth-order valence-electron chi connectivity index (χ4n) is 3.32. The molecule has 1 aliphatic heterocycles. The maximum Gasteiger partial charge on any atom is 0.256 e. The van der Waals surface area contributed by atoms with Crippen molar-refractivity contribution in [3.63, 3.8) is 0 Å². The van der Waals surface area contributed by atoms with Gasteiger partial charge in [0, 0.05) is 21.9 Å². The van der Waals surface area contributed by atoms with Gasteiger partial charge in [0.25, 0.3) is 5.91 Å². The van der Waals surface area contributed by atoms with Crippen LogP contribution >= 0.6 is 27.7 Å². The Morgan fingerprint density at radius 3 is 2.70 bits per heavy atom. The van der Waals surface area contributed by atoms with Crippen LogP contribution in [-0.4, -0.2) is 24.7 Å². The van der Waals surface area contributed by atoms with Crippen LogP contribution in [-0.2, 0) is 4.79 Å². The van der Waals surface area contributed by atoms with E-state index >= 15 is 0 Å². The van der Waals surface area contributed by atoms with Gasteiger partial charge in [-0.25, -0.2) is 0 Å². The Morgan fingerprint density at radius 1 is 1.10 bits per heavy atom. The van der Waals surface area contributed by atoms with Crippen LogP contribution in [0, 0.1) is 0 Å². The zero-order chi connectivity index (χ0) is 21.1. The van der Waals surface area contributed by atoms with Gasteiger partial charge >= 0.3 is 0 Å². The van der Waals surface area contributed by atoms with Gasteiger partial charge < -0.3 is 10.1 Å². The number of hydrogen-bond donors (Lipinski definition) is 1. The molecule has 3 aromatic rings. The second-order valence-corrected chi connectivity index (χ2v) is 8.61. The highest BCUT2D eigenvalue weighted by Crippen LogP contribution is 2.42. The van der Waals surface area contributed by atoms with E-state index in [-0.39, 0.29) is 17.2 Å². The monoisotopic (exact) mass is 482 g/mol. The van der Waals surface area contributed by atoms with Crippen molar-refractivity contribution in [2.75, 3.05) is 23.1 Å².